The van der Waals surface area contributed by atoms with Crippen LogP contribution < -0.4 is 4.74 Å². The second-order valence-electron chi connectivity index (χ2n) is 1.80. The Balaban J connectivity index is 0.000000354. The van der Waals surface area contributed by atoms with Gasteiger partial charge in [-0.05, 0) is 46.9 Å². The summed E-state index contributed by atoms with van der Waals surface area (Å²) in [7, 11) is 0.919. The molecule has 0 aliphatic carbocycles. The van der Waals surface area contributed by atoms with Crippen LogP contribution in [0.5, 0.6) is 5.75 Å². The molecule has 0 aliphatic heterocycles. The Hall–Kier alpha value is -0.265. The van der Waals surface area contributed by atoms with Gasteiger partial charge in [-0.1, -0.05) is 0 Å². The molecule has 0 unspecified atom stereocenters. The molecule has 66 valence electrons. The predicted octanol–water partition coefficient (Wildman–Crippen LogP) is 0.537. The first-order chi connectivity index (χ1) is 5.74. The van der Waals surface area contributed by atoms with Gasteiger partial charge in [0.05, 0.1) is 7.11 Å². The summed E-state index contributed by atoms with van der Waals surface area (Å²) in [5.74, 6) is 0.912. The van der Waals surface area contributed by atoms with E-state index < -0.39 is 7.69 Å². The predicted molar refractivity (Wildman–Crippen MR) is 57.3 cm³/mol. The van der Waals surface area contributed by atoms with Gasteiger partial charge in [0.1, 0.15) is 5.75 Å². The van der Waals surface area contributed by atoms with E-state index in [1.54, 1.807) is 7.11 Å². The van der Waals surface area contributed by atoms with Gasteiger partial charge in [-0.2, -0.15) is 0 Å². The molecule has 0 amide bonds. The lowest BCUT2D eigenvalue weighted by Gasteiger charge is -1.96. The zero-order valence-electron chi connectivity index (χ0n) is 6.70. The molecule has 5 heteroatoms. The first kappa shape index (κ1) is 11.7. The zero-order valence-corrected chi connectivity index (χ0v) is 8.85. The Morgan fingerprint density at radius 2 is 1.67 bits per heavy atom. The van der Waals surface area contributed by atoms with Crippen molar-refractivity contribution in [2.45, 2.75) is 0 Å². The first-order valence-corrected chi connectivity index (χ1v) is 4.33. The van der Waals surface area contributed by atoms with Gasteiger partial charge in [0.15, 0.2) is 0 Å². The molecular formula is C7H10BIO3. The largest absolute Gasteiger partial charge is 0.497 e. The van der Waals surface area contributed by atoms with E-state index in [-0.39, 0.29) is 0 Å². The van der Waals surface area contributed by atoms with E-state index in [1.807, 2.05) is 24.3 Å². The third kappa shape index (κ3) is 5.39. The quantitative estimate of drug-likeness (QED) is 0.583. The van der Waals surface area contributed by atoms with Crippen molar-refractivity contribution < 1.29 is 14.8 Å². The highest BCUT2D eigenvalue weighted by Crippen LogP contribution is 2.11. The van der Waals surface area contributed by atoms with E-state index >= 15 is 0 Å². The topological polar surface area (TPSA) is 49.7 Å². The summed E-state index contributed by atoms with van der Waals surface area (Å²) in [4.78, 5) is 0. The van der Waals surface area contributed by atoms with Crippen LogP contribution in [0.15, 0.2) is 24.3 Å². The van der Waals surface area contributed by atoms with E-state index in [9.17, 15) is 0 Å². The Morgan fingerprint density at radius 1 is 1.25 bits per heavy atom. The summed E-state index contributed by atoms with van der Waals surface area (Å²) >= 11 is 2.26. The van der Waals surface area contributed by atoms with Gasteiger partial charge in [0.2, 0.25) is 0 Å². The lowest BCUT2D eigenvalue weighted by molar-refractivity contribution is 0.414. The Bertz CT molecular complexity index is 202. The number of hydrogen-bond donors (Lipinski definition) is 2. The summed E-state index contributed by atoms with van der Waals surface area (Å²) in [5.41, 5.74) is 0. The van der Waals surface area contributed by atoms with Crippen molar-refractivity contribution in [1.82, 2.24) is 0 Å². The maximum absolute atomic E-state index is 7.12. The van der Waals surface area contributed by atoms with Crippen molar-refractivity contribution in [3.8, 4) is 5.75 Å². The second kappa shape index (κ2) is 7.39. The highest BCUT2D eigenvalue weighted by Gasteiger charge is 1.86. The molecule has 0 aromatic heterocycles. The van der Waals surface area contributed by atoms with E-state index in [1.165, 1.54) is 3.57 Å². The summed E-state index contributed by atoms with van der Waals surface area (Å²) in [6.45, 7) is 0. The van der Waals surface area contributed by atoms with Crippen molar-refractivity contribution in [1.29, 1.82) is 0 Å². The minimum Gasteiger partial charge on any atom is -0.497 e. The Morgan fingerprint density at radius 3 is 2.00 bits per heavy atom. The van der Waals surface area contributed by atoms with Crippen LogP contribution in [0.4, 0.5) is 0 Å². The van der Waals surface area contributed by atoms with Gasteiger partial charge < -0.3 is 14.8 Å². The number of ether oxygens (including phenoxy) is 1. The number of benzene rings is 1. The van der Waals surface area contributed by atoms with E-state index in [0.717, 1.165) is 5.75 Å². The van der Waals surface area contributed by atoms with Gasteiger partial charge in [0.25, 0.3) is 0 Å². The summed E-state index contributed by atoms with van der Waals surface area (Å²) in [6, 6.07) is 7.92. The van der Waals surface area contributed by atoms with Crippen LogP contribution in [0.1, 0.15) is 0 Å². The third-order valence-electron chi connectivity index (χ3n) is 1.05. The van der Waals surface area contributed by atoms with Gasteiger partial charge in [-0.3, -0.25) is 0 Å². The molecule has 0 spiro atoms. The molecule has 2 N–H and O–H groups in total. The highest BCUT2D eigenvalue weighted by molar-refractivity contribution is 14.1. The molecule has 0 saturated heterocycles. The normalized spacial score (nSPS) is 8.00. The van der Waals surface area contributed by atoms with Crippen LogP contribution in [0.2, 0.25) is 0 Å². The molecule has 1 aromatic rings. The number of halogens is 1. The molecule has 0 bridgehead atoms. The van der Waals surface area contributed by atoms with Crippen molar-refractivity contribution >= 4 is 30.3 Å². The molecular weight excluding hydrogens is 270 g/mol. The summed E-state index contributed by atoms with van der Waals surface area (Å²) < 4.78 is 6.20. The summed E-state index contributed by atoms with van der Waals surface area (Å²) in [6.07, 6.45) is 0. The van der Waals surface area contributed by atoms with Crippen molar-refractivity contribution in [2.75, 3.05) is 7.11 Å². The maximum Gasteiger partial charge on any atom is 0.432 e. The molecule has 0 fully saturated rings. The SMILES string of the molecule is COc1ccc(I)cc1.OBO. The lowest BCUT2D eigenvalue weighted by Crippen LogP contribution is -1.80. The van der Waals surface area contributed by atoms with E-state index in [0.29, 0.717) is 0 Å². The average molecular weight is 280 g/mol. The molecule has 0 saturated carbocycles. The van der Waals surface area contributed by atoms with Gasteiger partial charge in [-0.15, -0.1) is 0 Å². The minimum absolute atomic E-state index is 0.750. The standard InChI is InChI=1S/C7H7IO.BH3O2/c1-9-7-4-2-6(8)3-5-7;2-1-3/h2-5H,1H3;1-3H. The smallest absolute Gasteiger partial charge is 0.432 e. The van der Waals surface area contributed by atoms with E-state index in [2.05, 4.69) is 22.6 Å². The van der Waals surface area contributed by atoms with Crippen molar-refractivity contribution in [3.63, 3.8) is 0 Å². The van der Waals surface area contributed by atoms with E-state index in [4.69, 9.17) is 14.8 Å². The zero-order chi connectivity index (χ0) is 9.40. The molecule has 3 nitrogen and oxygen atoms in total. The van der Waals surface area contributed by atoms with Crippen molar-refractivity contribution in [3.05, 3.63) is 27.8 Å². The number of hydrogen-bond acceptors (Lipinski definition) is 3. The fourth-order valence-electron chi connectivity index (χ4n) is 0.571. The molecule has 12 heavy (non-hydrogen) atoms. The summed E-state index contributed by atoms with van der Waals surface area (Å²) in [5, 5.41) is 14.2. The highest BCUT2D eigenvalue weighted by atomic mass is 127. The minimum atomic E-state index is -0.750. The first-order valence-electron chi connectivity index (χ1n) is 3.26. The second-order valence-corrected chi connectivity index (χ2v) is 3.05. The number of rotatable bonds is 1. The fraction of sp³-hybridized carbons (Fsp3) is 0.143. The Labute approximate surface area is 85.8 Å². The van der Waals surface area contributed by atoms with Crippen LogP contribution in [0.3, 0.4) is 0 Å². The Kier molecular flexibility index (Phi) is 7.22. The monoisotopic (exact) mass is 280 g/mol. The molecule has 1 aromatic carbocycles. The van der Waals surface area contributed by atoms with Crippen LogP contribution in [0, 0.1) is 3.57 Å². The van der Waals surface area contributed by atoms with Gasteiger partial charge in [0, 0.05) is 3.57 Å². The van der Waals surface area contributed by atoms with Gasteiger partial charge in [-0.25, -0.2) is 0 Å². The van der Waals surface area contributed by atoms with Crippen molar-refractivity contribution in [2.24, 2.45) is 0 Å². The van der Waals surface area contributed by atoms with Crippen LogP contribution in [-0.2, 0) is 0 Å². The van der Waals surface area contributed by atoms with Crippen LogP contribution in [-0.4, -0.2) is 24.8 Å². The lowest BCUT2D eigenvalue weighted by atomic mass is 10.3. The van der Waals surface area contributed by atoms with Crippen LogP contribution >= 0.6 is 22.6 Å². The third-order valence-corrected chi connectivity index (χ3v) is 1.77. The molecule has 1 rings (SSSR count). The van der Waals surface area contributed by atoms with Crippen LogP contribution in [0.25, 0.3) is 0 Å². The molecule has 0 aliphatic rings. The molecule has 0 heterocycles. The maximum atomic E-state index is 7.12. The fourth-order valence-corrected chi connectivity index (χ4v) is 0.930. The number of methoxy groups -OCH3 is 1. The average Bonchev–Trinajstić information content (AvgIpc) is 2.07. The molecule has 0 atom stereocenters. The molecule has 0 radical (unpaired) electrons. The van der Waals surface area contributed by atoms with Gasteiger partial charge >= 0.3 is 7.69 Å².